The fourth-order valence-electron chi connectivity index (χ4n) is 6.19. The Labute approximate surface area is 309 Å². The number of carbonyl (C=O) groups is 2. The topological polar surface area (TPSA) is 172 Å². The Bertz CT molecular complexity index is 2610. The quantitative estimate of drug-likeness (QED) is 0.122. The molecule has 7 rings (SSSR count). The van der Waals surface area contributed by atoms with E-state index >= 15 is 0 Å². The molecule has 0 unspecified atom stereocenters. The summed E-state index contributed by atoms with van der Waals surface area (Å²) >= 11 is 2.10. The third-order valence-corrected chi connectivity index (χ3v) is 10.4. The Morgan fingerprint density at radius 1 is 0.593 bits per heavy atom. The second kappa shape index (κ2) is 13.5. The van der Waals surface area contributed by atoms with E-state index in [1.165, 1.54) is 0 Å². The predicted octanol–water partition coefficient (Wildman–Crippen LogP) is 9.01. The smallest absolute Gasteiger partial charge is 0.212 e. The highest BCUT2D eigenvalue weighted by Gasteiger charge is 2.38. The molecule has 5 aromatic rings. The predicted molar refractivity (Wildman–Crippen MR) is 191 cm³/mol. The van der Waals surface area contributed by atoms with E-state index in [9.17, 15) is 48.2 Å². The van der Waals surface area contributed by atoms with Gasteiger partial charge >= 0.3 is 0 Å². The van der Waals surface area contributed by atoms with Crippen molar-refractivity contribution in [2.45, 2.75) is 13.8 Å². The largest absolute Gasteiger partial charge is 0.492 e. The summed E-state index contributed by atoms with van der Waals surface area (Å²) < 4.78 is 70.1. The van der Waals surface area contributed by atoms with Crippen molar-refractivity contribution in [1.82, 2.24) is 0 Å². The second-order valence-corrected chi connectivity index (χ2v) is 13.4. The zero-order valence-corrected chi connectivity index (χ0v) is 29.2. The average Bonchev–Trinajstić information content (AvgIpc) is 3.89. The summed E-state index contributed by atoms with van der Waals surface area (Å²) in [5, 5.41) is 40.0. The summed E-state index contributed by atoms with van der Waals surface area (Å²) in [4.78, 5) is 36.0. The summed E-state index contributed by atoms with van der Waals surface area (Å²) in [7, 11) is 0. The zero-order valence-electron chi connectivity index (χ0n) is 27.5. The van der Waals surface area contributed by atoms with Crippen LogP contribution < -0.4 is 9.47 Å². The van der Waals surface area contributed by atoms with Crippen molar-refractivity contribution in [3.63, 3.8) is 0 Å². The molecule has 0 radical (unpaired) electrons. The monoisotopic (exact) mass is 760 g/mol. The molecule has 0 fully saturated rings. The molecule has 3 aromatic carbocycles. The maximum Gasteiger partial charge on any atom is 0.212 e. The van der Waals surface area contributed by atoms with Gasteiger partial charge in [-0.15, -0.1) is 22.7 Å². The van der Waals surface area contributed by atoms with Gasteiger partial charge in [0.25, 0.3) is 0 Å². The second-order valence-electron chi connectivity index (χ2n) is 11.3. The Morgan fingerprint density at radius 3 is 1.24 bits per heavy atom. The SMILES string of the molecule is CCOc1c2cc(N=C3C(=O)c4cc(F)c(F)cc4C3=C(C#N)C#N)sc2c(OCC)c2cc(N=C3C(=O)c4cc(F)c(F)cc4C3=C(C#N)C#N)sc12. The molecule has 0 saturated carbocycles. The van der Waals surface area contributed by atoms with Crippen molar-refractivity contribution in [3.05, 3.63) is 93.1 Å². The van der Waals surface area contributed by atoms with Crippen LogP contribution in [-0.2, 0) is 0 Å². The van der Waals surface area contributed by atoms with Gasteiger partial charge in [-0.1, -0.05) is 0 Å². The lowest BCUT2D eigenvalue weighted by molar-refractivity contribution is 0.106. The van der Waals surface area contributed by atoms with Crippen LogP contribution in [0.4, 0.5) is 27.6 Å². The number of rotatable bonds is 6. The maximum atomic E-state index is 14.3. The molecule has 0 bridgehead atoms. The number of benzene rings is 3. The van der Waals surface area contributed by atoms with E-state index in [0.717, 1.165) is 34.8 Å². The van der Waals surface area contributed by atoms with Crippen LogP contribution in [0.2, 0.25) is 0 Å². The average molecular weight is 761 g/mol. The van der Waals surface area contributed by atoms with Crippen molar-refractivity contribution >= 4 is 87.0 Å². The van der Waals surface area contributed by atoms with Crippen LogP contribution in [0, 0.1) is 68.6 Å². The normalized spacial score (nSPS) is 14.6. The number of hydrogen-bond donors (Lipinski definition) is 0. The fourth-order valence-corrected chi connectivity index (χ4v) is 8.29. The number of hydrogen-bond acceptors (Lipinski definition) is 12. The number of nitrogens with zero attached hydrogens (tertiary/aromatic N) is 6. The van der Waals surface area contributed by atoms with E-state index in [2.05, 4.69) is 9.98 Å². The van der Waals surface area contributed by atoms with Crippen LogP contribution >= 0.6 is 22.7 Å². The number of nitriles is 4. The van der Waals surface area contributed by atoms with Gasteiger partial charge in [-0.3, -0.25) is 9.59 Å². The molecule has 0 amide bonds. The summed E-state index contributed by atoms with van der Waals surface area (Å²) in [6.45, 7) is 3.83. The van der Waals surface area contributed by atoms with Gasteiger partial charge in [-0.2, -0.15) is 21.0 Å². The Morgan fingerprint density at radius 2 is 0.926 bits per heavy atom. The fraction of sp³-hybridized carbons (Fsp3) is 0.105. The zero-order chi connectivity index (χ0) is 38.6. The lowest BCUT2D eigenvalue weighted by Gasteiger charge is -2.11. The lowest BCUT2D eigenvalue weighted by Crippen LogP contribution is -2.07. The van der Waals surface area contributed by atoms with E-state index in [1.54, 1.807) is 50.3 Å². The number of carbonyl (C=O) groups excluding carboxylic acids is 2. The van der Waals surface area contributed by atoms with Crippen LogP contribution in [0.1, 0.15) is 45.7 Å². The molecule has 0 atom stereocenters. The first-order chi connectivity index (χ1) is 26.0. The van der Waals surface area contributed by atoms with Gasteiger partial charge in [0.2, 0.25) is 11.6 Å². The molecule has 16 heteroatoms. The molecule has 2 aromatic heterocycles. The standard InChI is InChI=1S/C38H16F4N6O4S2/c1-3-51-35-21-9-27(47-31-29(15(11-43)12-44)17-5-23(39)25(41)7-19(17)33(31)49)54-38(21)36(52-4-2)22-10-28(53-37(22)35)48-32-30(16(13-45)14-46)18-6-24(40)26(42)8-20(18)34(32)50/h5-10H,3-4H2,1-2H3. The van der Waals surface area contributed by atoms with E-state index < -0.39 is 46.0 Å². The molecule has 54 heavy (non-hydrogen) atoms. The molecule has 2 aliphatic carbocycles. The van der Waals surface area contributed by atoms with Crippen molar-refractivity contribution in [2.75, 3.05) is 13.2 Å². The van der Waals surface area contributed by atoms with Crippen molar-refractivity contribution < 1.29 is 36.6 Å². The van der Waals surface area contributed by atoms with Gasteiger partial charge in [0, 0.05) is 44.2 Å². The third kappa shape index (κ3) is 5.41. The lowest BCUT2D eigenvalue weighted by atomic mass is 10.0. The molecular weight excluding hydrogens is 745 g/mol. The van der Waals surface area contributed by atoms with Gasteiger partial charge in [0.05, 0.1) is 22.6 Å². The molecule has 2 aliphatic rings. The number of halogens is 4. The number of ether oxygens (including phenoxy) is 2. The van der Waals surface area contributed by atoms with Crippen molar-refractivity contribution in [1.29, 1.82) is 21.0 Å². The molecule has 0 saturated heterocycles. The molecule has 2 heterocycles. The highest BCUT2D eigenvalue weighted by molar-refractivity contribution is 7.25. The molecule has 0 aliphatic heterocycles. The van der Waals surface area contributed by atoms with Gasteiger partial charge in [0.15, 0.2) is 23.3 Å². The first-order valence-corrected chi connectivity index (χ1v) is 17.3. The van der Waals surface area contributed by atoms with Gasteiger partial charge in [0.1, 0.15) is 68.3 Å². The highest BCUT2D eigenvalue weighted by Crippen LogP contribution is 2.53. The van der Waals surface area contributed by atoms with E-state index in [-0.39, 0.29) is 68.0 Å². The molecule has 0 spiro atoms. The Balaban J connectivity index is 1.44. The summed E-state index contributed by atoms with van der Waals surface area (Å²) in [5.74, 6) is -6.13. The number of allylic oxidation sites excluding steroid dienone is 4. The first-order valence-electron chi connectivity index (χ1n) is 15.6. The number of aliphatic imine (C=N–C) groups is 2. The molecule has 0 N–H and O–H groups in total. The van der Waals surface area contributed by atoms with Crippen LogP contribution in [0.5, 0.6) is 11.5 Å². The van der Waals surface area contributed by atoms with Crippen LogP contribution in [0.15, 0.2) is 57.5 Å². The molecule has 262 valence electrons. The summed E-state index contributed by atoms with van der Waals surface area (Å²) in [6, 6.07) is 12.8. The van der Waals surface area contributed by atoms with E-state index in [0.29, 0.717) is 43.8 Å². The van der Waals surface area contributed by atoms with Crippen LogP contribution in [0.25, 0.3) is 31.3 Å². The summed E-state index contributed by atoms with van der Waals surface area (Å²) in [6.07, 6.45) is 0. The molecular formula is C38H16F4N6O4S2. The van der Waals surface area contributed by atoms with Crippen LogP contribution in [0.3, 0.4) is 0 Å². The summed E-state index contributed by atoms with van der Waals surface area (Å²) in [5.41, 5.74) is -3.09. The minimum absolute atomic E-state index is 0.148. The van der Waals surface area contributed by atoms with Gasteiger partial charge < -0.3 is 9.47 Å². The van der Waals surface area contributed by atoms with Crippen LogP contribution in [-0.4, -0.2) is 36.2 Å². The highest BCUT2D eigenvalue weighted by atomic mass is 32.1. The Hall–Kier alpha value is -6.98. The maximum absolute atomic E-state index is 14.3. The van der Waals surface area contributed by atoms with Crippen molar-refractivity contribution in [2.24, 2.45) is 9.98 Å². The number of thiophene rings is 2. The number of ketones is 2. The minimum Gasteiger partial charge on any atom is -0.492 e. The van der Waals surface area contributed by atoms with Gasteiger partial charge in [-0.05, 0) is 50.2 Å². The Kier molecular flexibility index (Phi) is 8.88. The number of Topliss-reactive ketones (excluding diaryl/α,β-unsaturated/α-hetero) is 2. The number of fused-ring (bicyclic) bond motifs is 4. The third-order valence-electron chi connectivity index (χ3n) is 8.36. The molecule has 10 nitrogen and oxygen atoms in total. The van der Waals surface area contributed by atoms with Gasteiger partial charge in [-0.25, -0.2) is 27.5 Å². The van der Waals surface area contributed by atoms with E-state index in [4.69, 9.17) is 9.47 Å². The first kappa shape index (κ1) is 35.4. The minimum atomic E-state index is -1.29. The van der Waals surface area contributed by atoms with Crippen molar-refractivity contribution in [3.8, 4) is 35.8 Å². The van der Waals surface area contributed by atoms with E-state index in [1.807, 2.05) is 0 Å².